The lowest BCUT2D eigenvalue weighted by atomic mass is 9.93. The maximum Gasteiger partial charge on any atom is 0.329 e. The van der Waals surface area contributed by atoms with Crippen LogP contribution in [0.2, 0.25) is 10.0 Å². The van der Waals surface area contributed by atoms with Gasteiger partial charge in [0.2, 0.25) is 0 Å². The van der Waals surface area contributed by atoms with E-state index >= 15 is 0 Å². The summed E-state index contributed by atoms with van der Waals surface area (Å²) in [6.45, 7) is 12.7. The number of benzene rings is 3. The lowest BCUT2D eigenvalue weighted by Crippen LogP contribution is -2.47. The number of rotatable bonds is 13. The Morgan fingerprint density at radius 3 is 2.12 bits per heavy atom. The summed E-state index contributed by atoms with van der Waals surface area (Å²) in [5.41, 5.74) is 3.50. The monoisotopic (exact) mass is 697 g/mol. The molecule has 0 spiro atoms. The molecule has 3 aromatic rings. The van der Waals surface area contributed by atoms with Crippen molar-refractivity contribution < 1.29 is 19.1 Å². The van der Waals surface area contributed by atoms with Gasteiger partial charge in [-0.2, -0.15) is 0 Å². The van der Waals surface area contributed by atoms with Crippen molar-refractivity contribution in [2.75, 3.05) is 64.1 Å². The molecule has 260 valence electrons. The number of nitrogens with zero attached hydrogens (tertiary/aromatic N) is 2. The highest BCUT2D eigenvalue weighted by Gasteiger charge is 2.26. The third-order valence-corrected chi connectivity index (χ3v) is 9.05. The Hall–Kier alpha value is -3.63. The molecule has 0 radical (unpaired) electrons. The zero-order valence-corrected chi connectivity index (χ0v) is 30.4. The molecule has 48 heavy (non-hydrogen) atoms. The fourth-order valence-electron chi connectivity index (χ4n) is 5.40. The second kappa shape index (κ2) is 19.4. The first-order valence-electron chi connectivity index (χ1n) is 16.6. The summed E-state index contributed by atoms with van der Waals surface area (Å²) in [4.78, 5) is 44.6. The van der Waals surface area contributed by atoms with Crippen molar-refractivity contribution in [1.29, 1.82) is 0 Å². The Labute approximate surface area is 295 Å². The Bertz CT molecular complexity index is 1510. The van der Waals surface area contributed by atoms with Gasteiger partial charge < -0.3 is 25.6 Å². The van der Waals surface area contributed by atoms with E-state index in [4.69, 9.17) is 27.9 Å². The van der Waals surface area contributed by atoms with Gasteiger partial charge in [-0.15, -0.1) is 0 Å². The average Bonchev–Trinajstić information content (AvgIpc) is 3.09. The first-order chi connectivity index (χ1) is 23.1. The maximum atomic E-state index is 13.4. The number of likely N-dealkylation sites (N-methyl/N-ethyl adjacent to an activating group) is 1. The number of amides is 2. The van der Waals surface area contributed by atoms with E-state index in [0.717, 1.165) is 43.7 Å². The van der Waals surface area contributed by atoms with Crippen LogP contribution in [0.4, 0.5) is 11.4 Å². The zero-order chi connectivity index (χ0) is 35.2. The highest BCUT2D eigenvalue weighted by Crippen LogP contribution is 2.29. The van der Waals surface area contributed by atoms with E-state index in [1.54, 1.807) is 43.4 Å². The maximum absolute atomic E-state index is 13.4. The van der Waals surface area contributed by atoms with E-state index in [-0.39, 0.29) is 35.4 Å². The Morgan fingerprint density at radius 2 is 1.50 bits per heavy atom. The van der Waals surface area contributed by atoms with Crippen LogP contribution in [0.1, 0.15) is 71.9 Å². The Morgan fingerprint density at radius 1 is 0.875 bits per heavy atom. The fraction of sp³-hybridized carbons (Fsp3) is 0.432. The largest absolute Gasteiger partial charge is 0.463 e. The summed E-state index contributed by atoms with van der Waals surface area (Å²) < 4.78 is 5.68. The predicted molar refractivity (Wildman–Crippen MR) is 197 cm³/mol. The molecule has 0 aliphatic carbocycles. The number of anilines is 2. The molecule has 3 N–H and O–H groups in total. The van der Waals surface area contributed by atoms with Gasteiger partial charge in [0.25, 0.3) is 11.8 Å². The molecular formula is C37H49Cl2N5O4. The van der Waals surface area contributed by atoms with Crippen LogP contribution < -0.4 is 16.0 Å². The van der Waals surface area contributed by atoms with E-state index in [1.165, 1.54) is 0 Å². The Balaban J connectivity index is 0.00000307. The van der Waals surface area contributed by atoms with Gasteiger partial charge in [0.05, 0.1) is 21.2 Å². The molecule has 0 saturated carbocycles. The number of hydrogen-bond donors (Lipinski definition) is 3. The van der Waals surface area contributed by atoms with Crippen molar-refractivity contribution in [2.45, 2.75) is 52.5 Å². The molecule has 1 aliphatic heterocycles. The highest BCUT2D eigenvalue weighted by atomic mass is 35.5. The van der Waals surface area contributed by atoms with Crippen molar-refractivity contribution in [3.8, 4) is 0 Å². The smallest absolute Gasteiger partial charge is 0.329 e. The second-order valence-electron chi connectivity index (χ2n) is 11.6. The molecule has 1 fully saturated rings. The topological polar surface area (TPSA) is 103 Å². The van der Waals surface area contributed by atoms with Crippen LogP contribution in [0.3, 0.4) is 0 Å². The van der Waals surface area contributed by atoms with E-state index in [2.05, 4.69) is 46.6 Å². The molecule has 11 heteroatoms. The van der Waals surface area contributed by atoms with Crippen LogP contribution in [-0.2, 0) is 16.0 Å². The first-order valence-corrected chi connectivity index (χ1v) is 17.4. The second-order valence-corrected chi connectivity index (χ2v) is 12.4. The van der Waals surface area contributed by atoms with E-state index in [1.807, 2.05) is 38.1 Å². The third-order valence-electron chi connectivity index (χ3n) is 8.42. The first kappa shape index (κ1) is 38.8. The number of halogens is 2. The minimum absolute atomic E-state index is 0.172. The molecule has 3 aromatic carbocycles. The number of piperazine rings is 1. The van der Waals surface area contributed by atoms with Crippen molar-refractivity contribution in [2.24, 2.45) is 0 Å². The van der Waals surface area contributed by atoms with Gasteiger partial charge in [-0.05, 0) is 60.8 Å². The van der Waals surface area contributed by atoms with Gasteiger partial charge in [0.1, 0.15) is 12.6 Å². The van der Waals surface area contributed by atoms with E-state index in [9.17, 15) is 14.4 Å². The Kier molecular flexibility index (Phi) is 15.7. The quantitative estimate of drug-likeness (QED) is 0.166. The van der Waals surface area contributed by atoms with Crippen molar-refractivity contribution in [1.82, 2.24) is 15.1 Å². The molecule has 2 atom stereocenters. The van der Waals surface area contributed by atoms with Gasteiger partial charge in [-0.25, -0.2) is 4.79 Å². The van der Waals surface area contributed by atoms with Crippen LogP contribution in [0.25, 0.3) is 0 Å². The molecular weight excluding hydrogens is 649 g/mol. The van der Waals surface area contributed by atoms with Crippen LogP contribution in [-0.4, -0.2) is 87.1 Å². The third kappa shape index (κ3) is 10.7. The summed E-state index contributed by atoms with van der Waals surface area (Å²) in [5.74, 6) is -1.14. The summed E-state index contributed by atoms with van der Waals surface area (Å²) in [6.07, 6.45) is 1.05. The van der Waals surface area contributed by atoms with E-state index < -0.39 is 17.9 Å². The number of carbonyl (C=O) groups excluding carboxylic acids is 3. The minimum atomic E-state index is -0.970. The van der Waals surface area contributed by atoms with Crippen molar-refractivity contribution in [3.63, 3.8) is 0 Å². The summed E-state index contributed by atoms with van der Waals surface area (Å²) >= 11 is 12.8. The SMILES string of the molecule is CC.CCC(C)c1cccc(Cl)c1C(=O)Nc1ccc(CC(NC(=O)c2c(Cl)cccc2NC)C(=O)OCCN2CCN(C)CC2)cc1. The average molecular weight is 699 g/mol. The molecule has 0 bridgehead atoms. The zero-order valence-electron chi connectivity index (χ0n) is 28.9. The van der Waals surface area contributed by atoms with Crippen molar-refractivity contribution >= 4 is 52.4 Å². The van der Waals surface area contributed by atoms with Crippen LogP contribution in [0, 0.1) is 0 Å². The molecule has 0 aromatic heterocycles. The van der Waals surface area contributed by atoms with Gasteiger partial charge in [-0.3, -0.25) is 14.5 Å². The summed E-state index contributed by atoms with van der Waals surface area (Å²) in [6, 6.07) is 16.8. The summed E-state index contributed by atoms with van der Waals surface area (Å²) in [7, 11) is 3.79. The molecule has 2 unspecified atom stereocenters. The fourth-order valence-corrected chi connectivity index (χ4v) is 5.93. The van der Waals surface area contributed by atoms with Gasteiger partial charge in [-0.1, -0.05) is 81.2 Å². The van der Waals surface area contributed by atoms with E-state index in [0.29, 0.717) is 28.5 Å². The number of hydrogen-bond acceptors (Lipinski definition) is 7. The lowest BCUT2D eigenvalue weighted by molar-refractivity contribution is -0.146. The van der Waals surface area contributed by atoms with Gasteiger partial charge in [0, 0.05) is 57.6 Å². The van der Waals surface area contributed by atoms with Crippen molar-refractivity contribution in [3.05, 3.63) is 93.0 Å². The standard InChI is InChI=1S/C35H43Cl2N5O4.C2H6/c1-5-23(2)26-8-6-9-27(36)31(26)33(43)39-25-14-12-24(13-15-25)22-30(35(45)46-21-20-42-18-16-41(4)17-19-42)40-34(44)32-28(37)10-7-11-29(32)38-3;1-2/h6-15,23,30,38H,5,16-22H2,1-4H3,(H,39,43)(H,40,44);1-2H3. The van der Waals surface area contributed by atoms with Crippen LogP contribution >= 0.6 is 23.2 Å². The molecule has 1 saturated heterocycles. The van der Waals surface area contributed by atoms with Gasteiger partial charge >= 0.3 is 5.97 Å². The minimum Gasteiger partial charge on any atom is -0.463 e. The summed E-state index contributed by atoms with van der Waals surface area (Å²) in [5, 5.41) is 9.43. The van der Waals surface area contributed by atoms with Gasteiger partial charge in [0.15, 0.2) is 0 Å². The molecule has 1 heterocycles. The van der Waals surface area contributed by atoms with Crippen LogP contribution in [0.5, 0.6) is 0 Å². The number of nitrogens with one attached hydrogen (secondary N) is 3. The van der Waals surface area contributed by atoms with Crippen LogP contribution in [0.15, 0.2) is 60.7 Å². The predicted octanol–water partition coefficient (Wildman–Crippen LogP) is 6.96. The number of ether oxygens (including phenoxy) is 1. The highest BCUT2D eigenvalue weighted by molar-refractivity contribution is 6.35. The molecule has 2 amide bonds. The number of esters is 1. The normalized spacial score (nSPS) is 14.6. The number of carbonyl (C=O) groups is 3. The molecule has 1 aliphatic rings. The molecule has 4 rings (SSSR count). The molecule has 9 nitrogen and oxygen atoms in total. The lowest BCUT2D eigenvalue weighted by Gasteiger charge is -2.32.